The number of benzene rings is 1. The Balaban J connectivity index is 1.13. The summed E-state index contributed by atoms with van der Waals surface area (Å²) in [5, 5.41) is 12.9. The summed E-state index contributed by atoms with van der Waals surface area (Å²) in [6.07, 6.45) is 0.330. The van der Waals surface area contributed by atoms with E-state index >= 15 is 13.2 Å². The lowest BCUT2D eigenvalue weighted by Crippen LogP contribution is -2.56. The summed E-state index contributed by atoms with van der Waals surface area (Å²) in [5.41, 5.74) is 0.190. The molecule has 1 atom stereocenters. The average molecular weight is 696 g/mol. The van der Waals surface area contributed by atoms with Crippen LogP contribution in [0, 0.1) is 17.1 Å². The van der Waals surface area contributed by atoms with Crippen LogP contribution in [0.5, 0.6) is 11.6 Å². The third-order valence-electron chi connectivity index (χ3n) is 9.00. The molecule has 266 valence electrons. The largest absolute Gasteiger partial charge is 0.483 e. The highest BCUT2D eigenvalue weighted by molar-refractivity contribution is 5.68. The predicted molar refractivity (Wildman–Crippen MR) is 176 cm³/mol. The molecule has 3 aliphatic heterocycles. The number of pyridine rings is 1. The summed E-state index contributed by atoms with van der Waals surface area (Å²) in [5.74, 6) is -3.04. The second kappa shape index (κ2) is 14.3. The Morgan fingerprint density at radius 3 is 2.50 bits per heavy atom. The van der Waals surface area contributed by atoms with Gasteiger partial charge < -0.3 is 29.2 Å². The summed E-state index contributed by atoms with van der Waals surface area (Å²) >= 11 is 0. The molecular formula is C35H40F3N7O5. The lowest BCUT2D eigenvalue weighted by Gasteiger charge is -2.41. The van der Waals surface area contributed by atoms with Crippen LogP contribution in [-0.2, 0) is 9.47 Å². The molecule has 50 heavy (non-hydrogen) atoms. The maximum Gasteiger partial charge on any atom is 0.410 e. The van der Waals surface area contributed by atoms with Crippen LogP contribution in [0.25, 0.3) is 11.3 Å². The van der Waals surface area contributed by atoms with Crippen molar-refractivity contribution in [2.24, 2.45) is 0 Å². The Labute approximate surface area is 288 Å². The Hall–Kier alpha value is -4.68. The normalized spacial score (nSPS) is 20.0. The third-order valence-corrected chi connectivity index (χ3v) is 9.00. The fourth-order valence-electron chi connectivity index (χ4n) is 6.32. The maximum atomic E-state index is 15.1. The Bertz CT molecular complexity index is 1750. The highest BCUT2D eigenvalue weighted by Crippen LogP contribution is 2.37. The first kappa shape index (κ1) is 35.2. The smallest absolute Gasteiger partial charge is 0.410 e. The number of aromatic nitrogens is 3. The molecule has 3 aliphatic rings. The highest BCUT2D eigenvalue weighted by Gasteiger charge is 2.48. The molecule has 1 unspecified atom stereocenters. The van der Waals surface area contributed by atoms with Crippen LogP contribution in [0.3, 0.4) is 0 Å². The molecule has 0 radical (unpaired) electrons. The fraction of sp³-hybridized carbons (Fsp3) is 0.514. The van der Waals surface area contributed by atoms with E-state index in [0.717, 1.165) is 55.8 Å². The van der Waals surface area contributed by atoms with Crippen molar-refractivity contribution in [1.82, 2.24) is 24.8 Å². The standard InChI is InChI=1S/C35H40F3N7O5/c1-34(2,3)50-33(46)45-14-11-28(35(37,38)20-45)49-27-7-5-22(15-23(27)16-39)30-26(36)17-40-32(43-30)42-29-8-6-25(31(41-29)47-4)21-9-12-44(13-10-21)24-18-48-19-24/h5-8,15,17,21,24,28H,9-14,18-20H2,1-4H3,(H,40,41,42,43). The molecule has 15 heteroatoms. The van der Waals surface area contributed by atoms with Crippen molar-refractivity contribution in [3.8, 4) is 29.0 Å². The zero-order valence-electron chi connectivity index (χ0n) is 28.4. The number of amides is 1. The van der Waals surface area contributed by atoms with Crippen LogP contribution in [0.15, 0.2) is 36.5 Å². The quantitative estimate of drug-likeness (QED) is 0.302. The minimum atomic E-state index is -3.42. The molecular weight excluding hydrogens is 655 g/mol. The van der Waals surface area contributed by atoms with Gasteiger partial charge in [-0.3, -0.25) is 4.90 Å². The van der Waals surface area contributed by atoms with Crippen molar-refractivity contribution < 1.29 is 36.9 Å². The highest BCUT2D eigenvalue weighted by atomic mass is 19.3. The van der Waals surface area contributed by atoms with Crippen molar-refractivity contribution in [1.29, 1.82) is 5.26 Å². The maximum absolute atomic E-state index is 15.1. The molecule has 0 aliphatic carbocycles. The number of alkyl halides is 2. The van der Waals surface area contributed by atoms with Crippen LogP contribution in [0.4, 0.5) is 29.7 Å². The van der Waals surface area contributed by atoms with Gasteiger partial charge in [0.25, 0.3) is 0 Å². The molecule has 12 nitrogen and oxygen atoms in total. The molecule has 1 N–H and O–H groups in total. The lowest BCUT2D eigenvalue weighted by molar-refractivity contribution is -0.137. The second-order valence-corrected chi connectivity index (χ2v) is 13.7. The van der Waals surface area contributed by atoms with Gasteiger partial charge in [-0.05, 0) is 83.0 Å². The zero-order valence-corrected chi connectivity index (χ0v) is 28.4. The van der Waals surface area contributed by atoms with Gasteiger partial charge in [0.05, 0.1) is 44.7 Å². The van der Waals surface area contributed by atoms with Gasteiger partial charge >= 0.3 is 12.0 Å². The molecule has 0 saturated carbocycles. The number of nitrogens with one attached hydrogen (secondary N) is 1. The summed E-state index contributed by atoms with van der Waals surface area (Å²) in [6.45, 7) is 7.60. The Morgan fingerprint density at radius 1 is 1.10 bits per heavy atom. The summed E-state index contributed by atoms with van der Waals surface area (Å²) in [7, 11) is 1.57. The number of rotatable bonds is 8. The fourth-order valence-corrected chi connectivity index (χ4v) is 6.32. The van der Waals surface area contributed by atoms with Gasteiger partial charge in [-0.2, -0.15) is 10.2 Å². The number of piperidine rings is 2. The van der Waals surface area contributed by atoms with Gasteiger partial charge in [0.2, 0.25) is 11.8 Å². The number of methoxy groups -OCH3 is 1. The van der Waals surface area contributed by atoms with E-state index in [9.17, 15) is 10.1 Å². The van der Waals surface area contributed by atoms with Crippen LogP contribution in [0.2, 0.25) is 0 Å². The number of hydrogen-bond donors (Lipinski definition) is 1. The van der Waals surface area contributed by atoms with Crippen LogP contribution < -0.4 is 14.8 Å². The van der Waals surface area contributed by atoms with E-state index < -0.39 is 36.1 Å². The Kier molecular flexibility index (Phi) is 10.0. The van der Waals surface area contributed by atoms with E-state index in [1.807, 2.05) is 12.1 Å². The molecule has 2 aromatic heterocycles. The monoisotopic (exact) mass is 695 g/mol. The van der Waals surface area contributed by atoms with Gasteiger partial charge in [0.1, 0.15) is 28.9 Å². The first-order chi connectivity index (χ1) is 23.8. The van der Waals surface area contributed by atoms with E-state index in [2.05, 4.69) is 25.2 Å². The van der Waals surface area contributed by atoms with Crippen molar-refractivity contribution in [3.05, 3.63) is 53.5 Å². The predicted octanol–water partition coefficient (Wildman–Crippen LogP) is 5.90. The van der Waals surface area contributed by atoms with Crippen molar-refractivity contribution in [3.63, 3.8) is 0 Å². The summed E-state index contributed by atoms with van der Waals surface area (Å²) in [4.78, 5) is 28.8. The number of nitrogens with zero attached hydrogens (tertiary/aromatic N) is 6. The molecule has 5 heterocycles. The number of anilines is 2. The second-order valence-electron chi connectivity index (χ2n) is 13.7. The van der Waals surface area contributed by atoms with Crippen molar-refractivity contribution in [2.75, 3.05) is 51.8 Å². The van der Waals surface area contributed by atoms with Gasteiger partial charge in [-0.15, -0.1) is 0 Å². The van der Waals surface area contributed by atoms with Crippen LogP contribution in [0.1, 0.15) is 57.1 Å². The SMILES string of the molecule is COc1nc(Nc2ncc(F)c(-c3ccc(OC4CCN(C(=O)OC(C)(C)C)CC4(F)F)c(C#N)c3)n2)ccc1C1CCN(C2COC2)CC1. The number of halogens is 3. The van der Waals surface area contributed by atoms with E-state index in [1.165, 1.54) is 18.2 Å². The van der Waals surface area contributed by atoms with Crippen molar-refractivity contribution in [2.45, 2.75) is 69.6 Å². The minimum absolute atomic E-state index is 0.0174. The molecule has 0 spiro atoms. The third kappa shape index (κ3) is 7.87. The summed E-state index contributed by atoms with van der Waals surface area (Å²) < 4.78 is 67.1. The van der Waals surface area contributed by atoms with Crippen LogP contribution in [-0.4, -0.2) is 101 Å². The molecule has 3 saturated heterocycles. The number of nitriles is 1. The van der Waals surface area contributed by atoms with Crippen molar-refractivity contribution >= 4 is 17.9 Å². The Morgan fingerprint density at radius 2 is 1.86 bits per heavy atom. The van der Waals surface area contributed by atoms with E-state index in [1.54, 1.807) is 33.9 Å². The minimum Gasteiger partial charge on any atom is -0.483 e. The first-order valence-electron chi connectivity index (χ1n) is 16.6. The topological polar surface area (TPSA) is 135 Å². The molecule has 1 aromatic carbocycles. The van der Waals surface area contributed by atoms with Gasteiger partial charge in [0, 0.05) is 24.1 Å². The van der Waals surface area contributed by atoms with E-state index in [4.69, 9.17) is 18.9 Å². The summed E-state index contributed by atoms with van der Waals surface area (Å²) in [6, 6.07) is 10.3. The molecule has 1 amide bonds. The molecule has 3 aromatic rings. The lowest BCUT2D eigenvalue weighted by atomic mass is 9.89. The number of ether oxygens (including phenoxy) is 4. The zero-order chi connectivity index (χ0) is 35.6. The first-order valence-corrected chi connectivity index (χ1v) is 16.6. The number of hydrogen-bond acceptors (Lipinski definition) is 11. The number of likely N-dealkylation sites (tertiary alicyclic amines) is 2. The average Bonchev–Trinajstić information content (AvgIpc) is 3.05. The van der Waals surface area contributed by atoms with Gasteiger partial charge in [-0.1, -0.05) is 0 Å². The number of carbonyl (C=O) groups excluding carboxylic acids is 1. The van der Waals surface area contributed by atoms with Crippen LogP contribution >= 0.6 is 0 Å². The van der Waals surface area contributed by atoms with Gasteiger partial charge in [-0.25, -0.2) is 27.9 Å². The van der Waals surface area contributed by atoms with E-state index in [-0.39, 0.29) is 41.5 Å². The van der Waals surface area contributed by atoms with E-state index in [0.29, 0.717) is 23.7 Å². The molecule has 0 bridgehead atoms. The molecule has 3 fully saturated rings. The van der Waals surface area contributed by atoms with Gasteiger partial charge in [0.15, 0.2) is 11.9 Å². The molecule has 6 rings (SSSR count). The number of carbonyl (C=O) groups is 1.